The number of nitrogens with one attached hydrogen (secondary N) is 4. The maximum absolute atomic E-state index is 14.2. The number of rotatable bonds is 26. The lowest BCUT2D eigenvalue weighted by molar-refractivity contribution is -0.162. The third-order valence-electron chi connectivity index (χ3n) is 24.8. The number of amides is 8. The van der Waals surface area contributed by atoms with Crippen molar-refractivity contribution in [2.24, 2.45) is 35.4 Å². The van der Waals surface area contributed by atoms with Gasteiger partial charge in [0.15, 0.2) is 10.5 Å². The summed E-state index contributed by atoms with van der Waals surface area (Å²) in [5.74, 6) is 3.67. The highest BCUT2D eigenvalue weighted by atomic mass is 35.5. The molecule has 748 valence electrons. The number of aromatic nitrogens is 1. The fraction of sp³-hybridized carbons (Fsp3) is 0.611. The molecule has 18 atom stereocenters. The van der Waals surface area contributed by atoms with Crippen LogP contribution in [-0.4, -0.2) is 242 Å². The summed E-state index contributed by atoms with van der Waals surface area (Å²) in [6, 6.07) is 11.0. The van der Waals surface area contributed by atoms with Gasteiger partial charge >= 0.3 is 24.1 Å². The molecular weight excluding hydrogens is 1910 g/mol. The number of allylic oxidation sites excluding steroid dienone is 6. The summed E-state index contributed by atoms with van der Waals surface area (Å²) in [7, 11) is 3.72. The highest BCUT2D eigenvalue weighted by Crippen LogP contribution is 2.52. The number of hydrogen-bond donors (Lipinski definition) is 11. The van der Waals surface area contributed by atoms with Gasteiger partial charge < -0.3 is 58.2 Å². The minimum Gasteiger partial charge on any atom is -0.457 e. The Morgan fingerprint density at radius 1 is 0.672 bits per heavy atom. The normalized spacial score (nSPS) is 27.9. The van der Waals surface area contributed by atoms with Crippen molar-refractivity contribution in [3.8, 4) is 0 Å². The highest BCUT2D eigenvalue weighted by Gasteiger charge is 2.66. The van der Waals surface area contributed by atoms with Crippen LogP contribution >= 0.6 is 79.0 Å². The Kier molecular flexibility index (Phi) is 41.2. The minimum atomic E-state index is -4.66. The molecule has 8 amide bonds. The number of carbonyl (C=O) groups excluding carboxylic acids is 10. The van der Waals surface area contributed by atoms with E-state index in [-0.39, 0.29) is 79.6 Å². The number of esters is 2. The number of anilines is 2. The Morgan fingerprint density at radius 2 is 1.06 bits per heavy atom. The Morgan fingerprint density at radius 3 is 1.43 bits per heavy atom. The molecule has 9 rings (SSSR count). The number of epoxide rings is 2. The number of hydrogen-bond acceptors (Lipinski definition) is 30. The van der Waals surface area contributed by atoms with Crippen molar-refractivity contribution in [1.29, 1.82) is 0 Å². The first-order chi connectivity index (χ1) is 62.6. The van der Waals surface area contributed by atoms with Crippen LogP contribution in [0.25, 0.3) is 0 Å². The first-order valence-corrected chi connectivity index (χ1v) is 52.2. The number of hydrazine groups is 2. The molecule has 7 heterocycles. The second-order valence-corrected chi connectivity index (χ2v) is 47.2. The molecule has 1 aromatic heterocycles. The third-order valence-corrected chi connectivity index (χ3v) is 34.0. The molecule has 3 aromatic rings. The largest absolute Gasteiger partial charge is 0.457 e. The molecule has 0 spiro atoms. The molecule has 12 N–H and O–H groups in total. The van der Waals surface area contributed by atoms with Crippen LogP contribution in [0, 0.1) is 37.5 Å². The molecule has 134 heavy (non-hydrogen) atoms. The number of likely N-dealkylation sites (N-methyl/N-ethyl adjacent to an activating group) is 2. The van der Waals surface area contributed by atoms with Crippen LogP contribution in [0.15, 0.2) is 101 Å². The van der Waals surface area contributed by atoms with Crippen molar-refractivity contribution >= 4 is 170 Å². The number of aliphatic hydroxyl groups is 2. The van der Waals surface area contributed by atoms with Crippen LogP contribution in [0.2, 0.25) is 10.0 Å². The molecule has 0 saturated carbocycles. The molecule has 2 aromatic carbocycles. The van der Waals surface area contributed by atoms with E-state index in [4.69, 9.17) is 69.2 Å². The molecule has 0 aliphatic carbocycles. The van der Waals surface area contributed by atoms with Crippen LogP contribution in [0.3, 0.4) is 0 Å². The number of benzene rings is 2. The molecule has 8 bridgehead atoms. The van der Waals surface area contributed by atoms with Gasteiger partial charge in [0.1, 0.15) is 64.2 Å². The quantitative estimate of drug-likeness (QED) is 0.00340. The van der Waals surface area contributed by atoms with Crippen LogP contribution in [0.5, 0.6) is 0 Å². The summed E-state index contributed by atoms with van der Waals surface area (Å²) >= 11 is 18.1. The highest BCUT2D eigenvalue weighted by molar-refractivity contribution is 8.77. The predicted molar refractivity (Wildman–Crippen MR) is 525 cm³/mol. The number of aryl methyl sites for hydroxylation is 2. The van der Waals surface area contributed by atoms with E-state index in [1.54, 1.807) is 78.9 Å². The third kappa shape index (κ3) is 31.6. The zero-order chi connectivity index (χ0) is 102. The predicted octanol–water partition coefficient (Wildman–Crippen LogP) is 12.0. The van der Waals surface area contributed by atoms with Gasteiger partial charge in [0.05, 0.1) is 46.5 Å². The number of nitrogens with two attached hydrogens (primary N) is 2. The molecule has 44 heteroatoms. The van der Waals surface area contributed by atoms with Gasteiger partial charge in [-0.25, -0.2) is 35.8 Å². The average Bonchev–Trinajstić information content (AvgIpc) is 1.57. The number of thiol groups is 1. The second kappa shape index (κ2) is 48.6. The van der Waals surface area contributed by atoms with E-state index in [2.05, 4.69) is 28.2 Å². The van der Waals surface area contributed by atoms with Gasteiger partial charge in [-0.3, -0.25) is 59.4 Å². The first kappa shape index (κ1) is 114. The van der Waals surface area contributed by atoms with Gasteiger partial charge in [-0.05, 0) is 165 Å². The van der Waals surface area contributed by atoms with E-state index in [0.29, 0.717) is 52.9 Å². The number of alkyl carbamates (subject to hydrolysis) is 2. The lowest BCUT2D eigenvalue weighted by atomic mass is 9.82. The summed E-state index contributed by atoms with van der Waals surface area (Å²) in [6.45, 7) is 29.1. The van der Waals surface area contributed by atoms with Crippen molar-refractivity contribution in [3.63, 3.8) is 0 Å². The van der Waals surface area contributed by atoms with Gasteiger partial charge in [0.25, 0.3) is 32.1 Å². The van der Waals surface area contributed by atoms with Gasteiger partial charge in [0.2, 0.25) is 23.6 Å². The van der Waals surface area contributed by atoms with E-state index < -0.39 is 172 Å². The number of carbonyl (C=O) groups is 10. The summed E-state index contributed by atoms with van der Waals surface area (Å²) < 4.78 is 105. The van der Waals surface area contributed by atoms with E-state index in [1.165, 1.54) is 84.1 Å². The standard InChI is InChI=1S/C42H62ClN5O12S3.C38H54ClN3O8S.C9H13N3O4S3.CH4/c1-23-12-11-13-25(3)42(54)22-30(58-39(53)45-42)26(4)36-41(8,60-36)32(21-34(50)48(10)29-20-28(18-23)19-24(2)35(29)43)59-38(52)27(5)47(9)33(49)14-16-40(6,7)62-61-17-15-31(37(51)46-44)63(55,56)57;1-21-12-11-13-23(3)38(47)20-28(48-35(46)40-38)24(4)33-37(8,50-33)29(49-34(45)25(5)41(9)30(43)14-15-36(6,7)51)19-31(44)42(10)27-18-26(16-21)17-22(2)32(27)39;10-12-9(13)7(19(14,15)16)4-6-17-18-8-3-1-2-5-11-8;/h11-13,19-20,25-27,30-32,36,54H,14-18,21-22,44H2,1-10H3,(H,45,53)(H,46,51)(H,55,56,57);11-13,17-18,23-25,28-29,33,47,51H,14-16,19-20H2,1-10H3,(H,40,46);1-3,5,7H,4,6,10H2,(H,12,13)(H,14,15,16);1H4/b13-11+,23-12+;13-11+,21-12+;;/i;;;1D. The molecule has 4 saturated heterocycles. The summed E-state index contributed by atoms with van der Waals surface area (Å²) in [5, 5.41) is 26.9. The van der Waals surface area contributed by atoms with Crippen molar-refractivity contribution < 1.29 is 114 Å². The van der Waals surface area contributed by atoms with E-state index >= 15 is 0 Å². The zero-order valence-electron chi connectivity index (χ0n) is 80.6. The smallest absolute Gasteiger partial charge is 0.409 e. The Bertz CT molecular complexity index is 5110. The van der Waals surface area contributed by atoms with Crippen LogP contribution in [0.4, 0.5) is 21.0 Å². The fourth-order valence-electron chi connectivity index (χ4n) is 15.6. The van der Waals surface area contributed by atoms with Gasteiger partial charge in [-0.15, -0.1) is 0 Å². The summed E-state index contributed by atoms with van der Waals surface area (Å²) in [4.78, 5) is 141. The average molecular weight is 2050 g/mol. The molecule has 0 radical (unpaired) electrons. The zero-order valence-corrected chi connectivity index (χ0v) is 86.9. The van der Waals surface area contributed by atoms with Gasteiger partial charge in [-0.1, -0.05) is 170 Å². The Balaban J connectivity index is 0.000000346. The summed E-state index contributed by atoms with van der Waals surface area (Å²) in [5.41, 5.74) is 4.23. The Hall–Kier alpha value is -7.24. The molecular formula is C90H133Cl2N11O24S7. The monoisotopic (exact) mass is 2050 g/mol. The van der Waals surface area contributed by atoms with Crippen molar-refractivity contribution in [3.05, 3.63) is 129 Å². The number of halogens is 2. The van der Waals surface area contributed by atoms with Crippen LogP contribution < -0.4 is 43.0 Å². The topological polar surface area (TPSA) is 508 Å². The fourth-order valence-corrected chi connectivity index (χ4v) is 22.6. The molecule has 6 aliphatic heterocycles. The number of pyridine rings is 1. The van der Waals surface area contributed by atoms with Crippen LogP contribution in [-0.2, 0) is 99.9 Å². The Labute approximate surface area is 819 Å². The van der Waals surface area contributed by atoms with Crippen molar-refractivity contribution in [1.82, 2.24) is 36.3 Å². The first-order valence-electron chi connectivity index (χ1n) is 44.3. The molecule has 4 fully saturated rings. The number of nitrogens with zero attached hydrogens (tertiary/aromatic N) is 5. The van der Waals surface area contributed by atoms with Crippen molar-refractivity contribution in [2.45, 2.75) is 292 Å². The molecule has 18 unspecified atom stereocenters. The SMILES string of the molecule is C/C1=C\C=C\C(C)C2(O)CC(OC(=O)N2)C(C)C2OC2(C)C(OC(=O)C(C)N(C)C(=O)CCC(C)(C)S)CC(=O)N(C)c2cc(cc(C)c2Cl)C1.C/C1=C\C=C\C(C)C2(O)CC(OC(=O)N2)C(C)C2OC2(C)C(OC(=O)C(C)N(C)C(=O)CCC(C)(C)SSCCC(C(=O)NN)S(=O)(=O)O)CC(=O)N(C)c2cc(cc(C)c2Cl)C1.NNC(=O)C(CCSSc1ccccn1)S(=O)(=O)O.[2H]C. The summed E-state index contributed by atoms with van der Waals surface area (Å²) in [6.07, 6.45) is 7.74. The molecule has 35 nitrogen and oxygen atoms in total. The van der Waals surface area contributed by atoms with E-state index in [0.717, 1.165) is 38.4 Å². The van der Waals surface area contributed by atoms with Gasteiger partial charge in [0, 0.05) is 106 Å². The lowest BCUT2D eigenvalue weighted by Gasteiger charge is -2.41. The van der Waals surface area contributed by atoms with E-state index in [9.17, 15) is 79.5 Å². The van der Waals surface area contributed by atoms with Crippen LogP contribution in [0.1, 0.15) is 192 Å². The molecule has 6 aliphatic rings. The lowest BCUT2D eigenvalue weighted by Crippen LogP contribution is -2.60. The van der Waals surface area contributed by atoms with Crippen molar-refractivity contribution in [2.75, 3.05) is 49.5 Å². The number of fused-ring (bicyclic) bond motifs is 10. The van der Waals surface area contributed by atoms with E-state index in [1.807, 2.05) is 142 Å². The maximum Gasteiger partial charge on any atom is 0.409 e. The number of ether oxygens (including phenoxy) is 6. The maximum atomic E-state index is 14.2. The minimum absolute atomic E-state index is 0.0275. The van der Waals surface area contributed by atoms with Gasteiger partial charge in [-0.2, -0.15) is 29.5 Å². The second-order valence-electron chi connectivity index (χ2n) is 36.5.